The highest BCUT2D eigenvalue weighted by atomic mass is 16.2. The van der Waals surface area contributed by atoms with Crippen molar-refractivity contribution >= 4 is 6.03 Å². The van der Waals surface area contributed by atoms with E-state index in [4.69, 9.17) is 5.73 Å². The van der Waals surface area contributed by atoms with Gasteiger partial charge in [0.2, 0.25) is 0 Å². The number of amides is 2. The Bertz CT molecular complexity index is 225. The number of fused-ring (bicyclic) bond motifs is 2. The van der Waals surface area contributed by atoms with Crippen LogP contribution in [0.15, 0.2) is 12.2 Å². The normalized spacial score (nSPS) is 37.2. The van der Waals surface area contributed by atoms with Crippen LogP contribution in [0.5, 0.6) is 0 Å². The van der Waals surface area contributed by atoms with E-state index < -0.39 is 6.03 Å². The Morgan fingerprint density at radius 3 is 2.83 bits per heavy atom. The zero-order valence-corrected chi connectivity index (χ0v) is 6.99. The molecule has 0 spiro atoms. The van der Waals surface area contributed by atoms with Crippen molar-refractivity contribution in [2.24, 2.45) is 23.5 Å². The van der Waals surface area contributed by atoms with Crippen LogP contribution in [0.3, 0.4) is 0 Å². The van der Waals surface area contributed by atoms with Gasteiger partial charge in [0, 0.05) is 6.54 Å². The molecule has 2 bridgehead atoms. The van der Waals surface area contributed by atoms with Crippen molar-refractivity contribution in [3.8, 4) is 0 Å². The third kappa shape index (κ3) is 1.31. The van der Waals surface area contributed by atoms with Gasteiger partial charge in [0.25, 0.3) is 0 Å². The maximum Gasteiger partial charge on any atom is 0.312 e. The van der Waals surface area contributed by atoms with Crippen LogP contribution in [-0.4, -0.2) is 12.6 Å². The number of allylic oxidation sites excluding steroid dienone is 2. The average molecular weight is 166 g/mol. The van der Waals surface area contributed by atoms with E-state index in [-0.39, 0.29) is 0 Å². The fourth-order valence-electron chi connectivity index (χ4n) is 2.36. The molecule has 3 atom stereocenters. The van der Waals surface area contributed by atoms with E-state index in [0.29, 0.717) is 11.8 Å². The molecule has 0 aromatic heterocycles. The van der Waals surface area contributed by atoms with Gasteiger partial charge in [-0.15, -0.1) is 0 Å². The number of urea groups is 1. The molecule has 0 saturated heterocycles. The summed E-state index contributed by atoms with van der Waals surface area (Å²) in [7, 11) is 0. The summed E-state index contributed by atoms with van der Waals surface area (Å²) in [5, 5.41) is 2.68. The molecule has 0 aliphatic heterocycles. The second-order valence-corrected chi connectivity index (χ2v) is 3.79. The largest absolute Gasteiger partial charge is 0.352 e. The Morgan fingerprint density at radius 1 is 1.50 bits per heavy atom. The van der Waals surface area contributed by atoms with Crippen molar-refractivity contribution in [3.63, 3.8) is 0 Å². The van der Waals surface area contributed by atoms with E-state index in [0.717, 1.165) is 12.5 Å². The Kier molecular flexibility index (Phi) is 1.79. The number of nitrogens with two attached hydrogens (primary N) is 1. The van der Waals surface area contributed by atoms with Gasteiger partial charge in [0.15, 0.2) is 0 Å². The second kappa shape index (κ2) is 2.81. The first-order valence-electron chi connectivity index (χ1n) is 4.47. The molecule has 0 radical (unpaired) electrons. The maximum absolute atomic E-state index is 10.5. The summed E-state index contributed by atoms with van der Waals surface area (Å²) in [4.78, 5) is 10.5. The standard InChI is InChI=1S/C9H14N2O/c10-9(12)11-5-8-4-6-1-2-7(8)3-6/h1-2,6-8H,3-5H2,(H3,10,11,12). The summed E-state index contributed by atoms with van der Waals surface area (Å²) in [5.41, 5.74) is 5.00. The molecule has 1 fully saturated rings. The van der Waals surface area contributed by atoms with Crippen LogP contribution in [0.4, 0.5) is 4.79 Å². The molecule has 0 aromatic rings. The van der Waals surface area contributed by atoms with Gasteiger partial charge in [-0.25, -0.2) is 4.79 Å². The predicted octanol–water partition coefficient (Wildman–Crippen LogP) is 0.867. The number of carbonyl (C=O) groups is 1. The van der Waals surface area contributed by atoms with Crippen molar-refractivity contribution in [3.05, 3.63) is 12.2 Å². The zero-order chi connectivity index (χ0) is 8.55. The SMILES string of the molecule is NC(=O)NCC1CC2C=CC1C2. The molecule has 2 rings (SSSR count). The summed E-state index contributed by atoms with van der Waals surface area (Å²) < 4.78 is 0. The smallest absolute Gasteiger partial charge is 0.312 e. The molecule has 0 aromatic carbocycles. The van der Waals surface area contributed by atoms with Crippen LogP contribution in [0.1, 0.15) is 12.8 Å². The lowest BCUT2D eigenvalue weighted by molar-refractivity contribution is 0.246. The molecule has 2 amide bonds. The second-order valence-electron chi connectivity index (χ2n) is 3.79. The van der Waals surface area contributed by atoms with Gasteiger partial charge in [-0.3, -0.25) is 0 Å². The molecule has 3 heteroatoms. The van der Waals surface area contributed by atoms with Crippen LogP contribution in [0.25, 0.3) is 0 Å². The third-order valence-electron chi connectivity index (χ3n) is 2.95. The molecule has 0 heterocycles. The van der Waals surface area contributed by atoms with Crippen LogP contribution >= 0.6 is 0 Å². The average Bonchev–Trinajstić information content (AvgIpc) is 2.60. The van der Waals surface area contributed by atoms with Crippen LogP contribution in [0.2, 0.25) is 0 Å². The maximum atomic E-state index is 10.5. The van der Waals surface area contributed by atoms with Crippen LogP contribution < -0.4 is 11.1 Å². The third-order valence-corrected chi connectivity index (χ3v) is 2.95. The lowest BCUT2D eigenvalue weighted by Gasteiger charge is -2.17. The lowest BCUT2D eigenvalue weighted by Crippen LogP contribution is -2.34. The van der Waals surface area contributed by atoms with E-state index in [1.165, 1.54) is 12.8 Å². The highest BCUT2D eigenvalue weighted by Crippen LogP contribution is 2.42. The van der Waals surface area contributed by atoms with E-state index in [9.17, 15) is 4.79 Å². The fourth-order valence-corrected chi connectivity index (χ4v) is 2.36. The van der Waals surface area contributed by atoms with E-state index >= 15 is 0 Å². The molecule has 3 nitrogen and oxygen atoms in total. The quantitative estimate of drug-likeness (QED) is 0.587. The summed E-state index contributed by atoms with van der Waals surface area (Å²) in [6, 6.07) is -0.401. The summed E-state index contributed by atoms with van der Waals surface area (Å²) in [5.74, 6) is 2.10. The Balaban J connectivity index is 1.83. The summed E-state index contributed by atoms with van der Waals surface area (Å²) >= 11 is 0. The first kappa shape index (κ1) is 7.65. The van der Waals surface area contributed by atoms with Gasteiger partial charge in [0.05, 0.1) is 0 Å². The highest BCUT2D eigenvalue weighted by molar-refractivity contribution is 5.71. The number of primary amides is 1. The lowest BCUT2D eigenvalue weighted by atomic mass is 9.94. The topological polar surface area (TPSA) is 55.1 Å². The number of rotatable bonds is 2. The van der Waals surface area contributed by atoms with Gasteiger partial charge < -0.3 is 11.1 Å². The summed E-state index contributed by atoms with van der Waals surface area (Å²) in [6.07, 6.45) is 7.08. The summed E-state index contributed by atoms with van der Waals surface area (Å²) in [6.45, 7) is 0.751. The van der Waals surface area contributed by atoms with Crippen LogP contribution in [-0.2, 0) is 0 Å². The molecule has 12 heavy (non-hydrogen) atoms. The van der Waals surface area contributed by atoms with Crippen molar-refractivity contribution in [1.82, 2.24) is 5.32 Å². The predicted molar refractivity (Wildman–Crippen MR) is 46.4 cm³/mol. The van der Waals surface area contributed by atoms with E-state index in [2.05, 4.69) is 17.5 Å². The Hall–Kier alpha value is -0.990. The monoisotopic (exact) mass is 166 g/mol. The molecule has 1 saturated carbocycles. The Morgan fingerprint density at radius 2 is 2.33 bits per heavy atom. The fraction of sp³-hybridized carbons (Fsp3) is 0.667. The molecule has 3 N–H and O–H groups in total. The molecule has 66 valence electrons. The van der Waals surface area contributed by atoms with E-state index in [1.807, 2.05) is 0 Å². The molecule has 3 unspecified atom stereocenters. The van der Waals surface area contributed by atoms with Crippen molar-refractivity contribution in [2.45, 2.75) is 12.8 Å². The molecular weight excluding hydrogens is 152 g/mol. The van der Waals surface area contributed by atoms with Gasteiger partial charge in [-0.2, -0.15) is 0 Å². The molecule has 2 aliphatic rings. The van der Waals surface area contributed by atoms with Gasteiger partial charge in [-0.05, 0) is 30.6 Å². The minimum atomic E-state index is -0.401. The van der Waals surface area contributed by atoms with Gasteiger partial charge in [0.1, 0.15) is 0 Å². The minimum Gasteiger partial charge on any atom is -0.352 e. The van der Waals surface area contributed by atoms with Gasteiger partial charge >= 0.3 is 6.03 Å². The first-order chi connectivity index (χ1) is 5.75. The number of hydrogen-bond donors (Lipinski definition) is 2. The minimum absolute atomic E-state index is 0.401. The first-order valence-corrected chi connectivity index (χ1v) is 4.47. The Labute approximate surface area is 72.0 Å². The highest BCUT2D eigenvalue weighted by Gasteiger charge is 2.35. The van der Waals surface area contributed by atoms with Gasteiger partial charge in [-0.1, -0.05) is 12.2 Å². The van der Waals surface area contributed by atoms with Crippen molar-refractivity contribution in [1.29, 1.82) is 0 Å². The molecular formula is C9H14N2O. The van der Waals surface area contributed by atoms with Crippen LogP contribution in [0, 0.1) is 17.8 Å². The molecule has 2 aliphatic carbocycles. The van der Waals surface area contributed by atoms with Crippen molar-refractivity contribution < 1.29 is 4.79 Å². The van der Waals surface area contributed by atoms with Crippen molar-refractivity contribution in [2.75, 3.05) is 6.54 Å². The zero-order valence-electron chi connectivity index (χ0n) is 6.99. The number of hydrogen-bond acceptors (Lipinski definition) is 1. The van der Waals surface area contributed by atoms with E-state index in [1.54, 1.807) is 0 Å². The number of carbonyl (C=O) groups excluding carboxylic acids is 1. The number of nitrogens with one attached hydrogen (secondary N) is 1.